The molecular weight excluding hydrogens is 476 g/mol. The number of anilines is 2. The van der Waals surface area contributed by atoms with Crippen LogP contribution in [0.5, 0.6) is 5.75 Å². The Bertz CT molecular complexity index is 1010. The molecule has 7 N–H and O–H groups in total. The van der Waals surface area contributed by atoms with Crippen LogP contribution in [-0.4, -0.2) is 43.7 Å². The van der Waals surface area contributed by atoms with Crippen molar-refractivity contribution in [1.82, 2.24) is 0 Å². The van der Waals surface area contributed by atoms with Crippen LogP contribution in [0.25, 0.3) is 5.76 Å². The number of benzene rings is 2. The van der Waals surface area contributed by atoms with E-state index in [0.717, 1.165) is 42.5 Å². The molecule has 0 heterocycles. The fourth-order valence-corrected chi connectivity index (χ4v) is 3.35. The van der Waals surface area contributed by atoms with Crippen molar-refractivity contribution in [2.45, 2.75) is 52.6 Å². The van der Waals surface area contributed by atoms with Crippen molar-refractivity contribution in [2.24, 2.45) is 11.5 Å². The fourth-order valence-electron chi connectivity index (χ4n) is 3.35. The lowest BCUT2D eigenvalue weighted by Crippen LogP contribution is -2.22. The van der Waals surface area contributed by atoms with Crippen LogP contribution in [0.1, 0.15) is 50.7 Å². The number of unbranched alkanes of at least 4 members (excludes halogenated alkanes) is 1. The van der Waals surface area contributed by atoms with Crippen molar-refractivity contribution in [2.75, 3.05) is 31.0 Å². The van der Waals surface area contributed by atoms with E-state index in [9.17, 15) is 9.59 Å². The molecule has 37 heavy (non-hydrogen) atoms. The second-order valence-corrected chi connectivity index (χ2v) is 8.01. The molecule has 3 amide bonds. The normalized spacial score (nSPS) is 11.4. The number of ether oxygens (including phenoxy) is 3. The van der Waals surface area contributed by atoms with Crippen molar-refractivity contribution in [1.29, 1.82) is 0 Å². The molecule has 1 unspecified atom stereocenters. The summed E-state index contributed by atoms with van der Waals surface area (Å²) in [6.07, 6.45) is 3.74. The van der Waals surface area contributed by atoms with Gasteiger partial charge in [-0.1, -0.05) is 19.1 Å². The highest BCUT2D eigenvalue weighted by Gasteiger charge is 2.12. The Kier molecular flexibility index (Phi) is 14.7. The third kappa shape index (κ3) is 12.0. The van der Waals surface area contributed by atoms with Crippen LogP contribution in [0.4, 0.5) is 21.0 Å². The first-order valence-electron chi connectivity index (χ1n) is 12.2. The fraction of sp³-hybridized carbons (Fsp3) is 0.407. The van der Waals surface area contributed by atoms with E-state index < -0.39 is 6.09 Å². The van der Waals surface area contributed by atoms with Crippen LogP contribution >= 0.6 is 0 Å². The number of carbonyl (C=O) groups excluding carboxylic acids is 2. The topological polar surface area (TPSA) is 158 Å². The first kappa shape index (κ1) is 31.1. The van der Waals surface area contributed by atoms with Crippen LogP contribution in [-0.2, 0) is 9.47 Å². The summed E-state index contributed by atoms with van der Waals surface area (Å²) in [4.78, 5) is 22.5. The Morgan fingerprint density at radius 1 is 1.08 bits per heavy atom. The maximum Gasteiger partial charge on any atom is 0.404 e. The van der Waals surface area contributed by atoms with E-state index in [1.165, 1.54) is 6.20 Å². The lowest BCUT2D eigenvalue weighted by atomic mass is 10.1. The average Bonchev–Trinajstić information content (AvgIpc) is 2.87. The Balaban J connectivity index is 0.000000482. The van der Waals surface area contributed by atoms with E-state index in [4.69, 9.17) is 30.8 Å². The van der Waals surface area contributed by atoms with Gasteiger partial charge in [0.1, 0.15) is 17.6 Å². The molecule has 0 bridgehead atoms. The van der Waals surface area contributed by atoms with Crippen molar-refractivity contribution >= 4 is 29.3 Å². The molecule has 0 spiro atoms. The maximum absolute atomic E-state index is 12.2. The summed E-state index contributed by atoms with van der Waals surface area (Å²) in [5, 5.41) is 14.1. The first-order chi connectivity index (χ1) is 17.8. The first-order valence-corrected chi connectivity index (χ1v) is 12.2. The Labute approximate surface area is 219 Å². The molecule has 0 fully saturated rings. The van der Waals surface area contributed by atoms with Crippen molar-refractivity contribution in [3.05, 3.63) is 59.8 Å². The number of aryl methyl sites for hydroxylation is 1. The molecule has 10 nitrogen and oxygen atoms in total. The zero-order valence-corrected chi connectivity index (χ0v) is 22.1. The van der Waals surface area contributed by atoms with Gasteiger partial charge in [0.25, 0.3) is 0 Å². The average molecular weight is 517 g/mol. The lowest BCUT2D eigenvalue weighted by molar-refractivity contribution is 0.0959. The monoisotopic (exact) mass is 516 g/mol. The summed E-state index contributed by atoms with van der Waals surface area (Å²) in [6, 6.07) is 12.5. The number of aliphatic hydroxyl groups excluding tert-OH is 1. The summed E-state index contributed by atoms with van der Waals surface area (Å²) in [5.41, 5.74) is 13.6. The van der Waals surface area contributed by atoms with Gasteiger partial charge in [-0.05, 0) is 69.4 Å². The third-order valence-corrected chi connectivity index (χ3v) is 5.12. The number of aliphatic hydroxyl groups is 1. The van der Waals surface area contributed by atoms with Crippen LogP contribution in [0.2, 0.25) is 0 Å². The third-order valence-electron chi connectivity index (χ3n) is 5.12. The predicted molar refractivity (Wildman–Crippen MR) is 146 cm³/mol. The van der Waals surface area contributed by atoms with Crippen LogP contribution in [0.3, 0.4) is 0 Å². The molecule has 0 saturated carbocycles. The number of hydrogen-bond donors (Lipinski definition) is 5. The minimum absolute atomic E-state index is 0.0888. The van der Waals surface area contributed by atoms with Gasteiger partial charge in [0.15, 0.2) is 0 Å². The van der Waals surface area contributed by atoms with E-state index in [-0.39, 0.29) is 18.7 Å². The van der Waals surface area contributed by atoms with Gasteiger partial charge in [-0.3, -0.25) is 0 Å². The van der Waals surface area contributed by atoms with E-state index >= 15 is 0 Å². The Morgan fingerprint density at radius 3 is 2.32 bits per heavy atom. The van der Waals surface area contributed by atoms with Crippen LogP contribution in [0.15, 0.2) is 48.7 Å². The second kappa shape index (κ2) is 17.5. The minimum Gasteiger partial charge on any atom is -0.496 e. The number of amides is 3. The number of rotatable bonds is 12. The Morgan fingerprint density at radius 2 is 1.78 bits per heavy atom. The minimum atomic E-state index is -0.717. The number of hydrogen-bond acceptors (Lipinski definition) is 7. The van der Waals surface area contributed by atoms with Gasteiger partial charge in [-0.15, -0.1) is 0 Å². The summed E-state index contributed by atoms with van der Waals surface area (Å²) >= 11 is 0. The van der Waals surface area contributed by atoms with Gasteiger partial charge in [0.2, 0.25) is 0 Å². The SMILES string of the molecule is CCC(CCCCO)OC(N)=O.CCO/C(=C\N)c1ccc(NC(=O)Nc2cccc(C)c2)cc1OC. The summed E-state index contributed by atoms with van der Waals surface area (Å²) in [7, 11) is 1.55. The molecular formula is C27H40N4O6. The van der Waals surface area contributed by atoms with Gasteiger partial charge < -0.3 is 41.4 Å². The van der Waals surface area contributed by atoms with Crippen molar-refractivity contribution in [3.63, 3.8) is 0 Å². The van der Waals surface area contributed by atoms with Gasteiger partial charge in [0.05, 0.1) is 19.3 Å². The molecule has 0 saturated heterocycles. The number of nitrogens with one attached hydrogen (secondary N) is 2. The second-order valence-electron chi connectivity index (χ2n) is 8.01. The molecule has 0 aliphatic rings. The molecule has 204 valence electrons. The van der Waals surface area contributed by atoms with E-state index in [2.05, 4.69) is 10.6 Å². The zero-order chi connectivity index (χ0) is 27.6. The molecule has 0 aliphatic heterocycles. The highest BCUT2D eigenvalue weighted by molar-refractivity contribution is 6.00. The van der Waals surface area contributed by atoms with E-state index in [1.54, 1.807) is 25.3 Å². The molecule has 10 heteroatoms. The standard InChI is InChI=1S/C19H23N3O3.C8H17NO3/c1-4-25-18(12-20)16-9-8-15(11-17(16)24-3)22-19(23)21-14-7-5-6-13(2)10-14;1-2-7(12-8(9)11)5-3-4-6-10/h5-12H,4,20H2,1-3H3,(H2,21,22,23);7,10H,2-6H2,1H3,(H2,9,11)/b18-12-;. The lowest BCUT2D eigenvalue weighted by Gasteiger charge is -2.14. The van der Waals surface area contributed by atoms with Gasteiger partial charge in [-0.2, -0.15) is 0 Å². The van der Waals surface area contributed by atoms with E-state index in [1.807, 2.05) is 45.0 Å². The molecule has 0 aromatic heterocycles. The Hall–Kier alpha value is -3.92. The zero-order valence-electron chi connectivity index (χ0n) is 22.1. The van der Waals surface area contributed by atoms with Gasteiger partial charge in [-0.25, -0.2) is 9.59 Å². The number of urea groups is 1. The summed E-state index contributed by atoms with van der Waals surface area (Å²) in [5.74, 6) is 1.08. The van der Waals surface area contributed by atoms with Crippen molar-refractivity contribution < 1.29 is 28.9 Å². The van der Waals surface area contributed by atoms with Gasteiger partial charge >= 0.3 is 12.1 Å². The van der Waals surface area contributed by atoms with Crippen LogP contribution in [0, 0.1) is 6.92 Å². The number of primary amides is 1. The van der Waals surface area contributed by atoms with Crippen LogP contribution < -0.4 is 26.8 Å². The quantitative estimate of drug-likeness (QED) is 0.197. The number of carbonyl (C=O) groups is 2. The van der Waals surface area contributed by atoms with E-state index in [0.29, 0.717) is 23.8 Å². The van der Waals surface area contributed by atoms with Gasteiger partial charge in [0, 0.05) is 30.2 Å². The highest BCUT2D eigenvalue weighted by atomic mass is 16.6. The summed E-state index contributed by atoms with van der Waals surface area (Å²) < 4.78 is 15.7. The molecule has 2 rings (SSSR count). The smallest absolute Gasteiger partial charge is 0.404 e. The molecule has 2 aromatic rings. The maximum atomic E-state index is 12.2. The molecule has 1 atom stereocenters. The number of methoxy groups -OCH3 is 1. The summed E-state index contributed by atoms with van der Waals surface area (Å²) in [6.45, 7) is 6.46. The largest absolute Gasteiger partial charge is 0.496 e. The molecule has 0 aliphatic carbocycles. The molecule has 2 aromatic carbocycles. The van der Waals surface area contributed by atoms with Crippen molar-refractivity contribution in [3.8, 4) is 5.75 Å². The molecule has 0 radical (unpaired) electrons. The highest BCUT2D eigenvalue weighted by Crippen LogP contribution is 2.29. The predicted octanol–water partition coefficient (Wildman–Crippen LogP) is 4.96. The number of nitrogens with two attached hydrogens (primary N) is 2.